The highest BCUT2D eigenvalue weighted by Crippen LogP contribution is 2.42. The maximum absolute atomic E-state index is 6.80. The highest BCUT2D eigenvalue weighted by molar-refractivity contribution is 6.31. The van der Waals surface area contributed by atoms with Crippen molar-refractivity contribution in [2.24, 2.45) is 0 Å². The maximum atomic E-state index is 6.80. The van der Waals surface area contributed by atoms with Crippen LogP contribution in [0.5, 0.6) is 0 Å². The number of hydrogen-bond acceptors (Lipinski definition) is 2. The summed E-state index contributed by atoms with van der Waals surface area (Å²) in [6.45, 7) is 4.23. The van der Waals surface area contributed by atoms with Crippen LogP contribution < -0.4 is 9.80 Å². The van der Waals surface area contributed by atoms with Crippen molar-refractivity contribution in [1.29, 1.82) is 0 Å². The molecule has 0 saturated carbocycles. The van der Waals surface area contributed by atoms with Gasteiger partial charge in [0.2, 0.25) is 0 Å². The minimum Gasteiger partial charge on any atom is -0.310 e. The van der Waals surface area contributed by atoms with Gasteiger partial charge in [0.25, 0.3) is 0 Å². The number of anilines is 6. The lowest BCUT2D eigenvalue weighted by Crippen LogP contribution is -2.13. The fourth-order valence-electron chi connectivity index (χ4n) is 4.40. The van der Waals surface area contributed by atoms with Gasteiger partial charge >= 0.3 is 0 Å². The average molecular weight is 475 g/mol. The van der Waals surface area contributed by atoms with Crippen molar-refractivity contribution in [1.82, 2.24) is 0 Å². The first-order valence-electron chi connectivity index (χ1n) is 11.7. The van der Waals surface area contributed by atoms with Gasteiger partial charge in [0.05, 0.1) is 0 Å². The van der Waals surface area contributed by atoms with Crippen LogP contribution in [-0.2, 0) is 0 Å². The number of halogens is 1. The van der Waals surface area contributed by atoms with Crippen LogP contribution >= 0.6 is 11.6 Å². The van der Waals surface area contributed by atoms with Crippen molar-refractivity contribution < 1.29 is 0 Å². The predicted octanol–water partition coefficient (Wildman–Crippen LogP) is 9.90. The number of hydrogen-bond donors (Lipinski definition) is 0. The summed E-state index contributed by atoms with van der Waals surface area (Å²) in [5.41, 5.74) is 8.74. The Bertz CT molecular complexity index is 1320. The highest BCUT2D eigenvalue weighted by Gasteiger charge is 2.18. The van der Waals surface area contributed by atoms with Crippen LogP contribution in [0.2, 0.25) is 5.02 Å². The Kier molecular flexibility index (Phi) is 6.56. The van der Waals surface area contributed by atoms with Crippen molar-refractivity contribution >= 4 is 45.7 Å². The third-order valence-corrected chi connectivity index (χ3v) is 6.15. The van der Waals surface area contributed by atoms with Gasteiger partial charge in [0.1, 0.15) is 0 Å². The summed E-state index contributed by atoms with van der Waals surface area (Å²) in [6.07, 6.45) is 0. The van der Waals surface area contributed by atoms with Crippen LogP contribution in [0.3, 0.4) is 0 Å². The topological polar surface area (TPSA) is 6.48 Å². The average Bonchev–Trinajstić information content (AvgIpc) is 2.86. The molecule has 0 bridgehead atoms. The standard InChI is InChI=1S/C32H27ClN2/c1-24-11-9-17-29(19-24)34(27-13-5-3-6-14-27)31-21-26(33)22-32(23-31)35(28-15-7-4-8-16-28)30-18-10-12-25(2)20-30/h3-23H,1-2H3. The van der Waals surface area contributed by atoms with Gasteiger partial charge < -0.3 is 9.80 Å². The largest absolute Gasteiger partial charge is 0.310 e. The number of nitrogens with zero attached hydrogens (tertiary/aromatic N) is 2. The smallest absolute Gasteiger partial charge is 0.0497 e. The van der Waals surface area contributed by atoms with Crippen LogP contribution in [0.25, 0.3) is 0 Å². The molecule has 0 unspecified atom stereocenters. The molecule has 0 heterocycles. The summed E-state index contributed by atoms with van der Waals surface area (Å²) in [5.74, 6) is 0. The molecule has 0 aromatic heterocycles. The molecule has 5 aromatic rings. The van der Waals surface area contributed by atoms with Gasteiger partial charge in [0, 0.05) is 39.1 Å². The normalized spacial score (nSPS) is 10.7. The minimum atomic E-state index is 0.680. The molecule has 0 aliphatic carbocycles. The molecular weight excluding hydrogens is 448 g/mol. The van der Waals surface area contributed by atoms with E-state index in [1.165, 1.54) is 11.1 Å². The first kappa shape index (κ1) is 22.8. The van der Waals surface area contributed by atoms with Crippen LogP contribution in [-0.4, -0.2) is 0 Å². The van der Waals surface area contributed by atoms with E-state index in [2.05, 4.69) is 127 Å². The highest BCUT2D eigenvalue weighted by atomic mass is 35.5. The second kappa shape index (κ2) is 10.1. The first-order chi connectivity index (χ1) is 17.1. The Morgan fingerprint density at radius 1 is 0.400 bits per heavy atom. The predicted molar refractivity (Wildman–Crippen MR) is 150 cm³/mol. The van der Waals surface area contributed by atoms with Gasteiger partial charge in [-0.15, -0.1) is 0 Å². The Balaban J connectivity index is 1.71. The molecule has 0 atom stereocenters. The summed E-state index contributed by atoms with van der Waals surface area (Å²) < 4.78 is 0. The lowest BCUT2D eigenvalue weighted by Gasteiger charge is -2.30. The third kappa shape index (κ3) is 5.08. The zero-order chi connectivity index (χ0) is 24.2. The monoisotopic (exact) mass is 474 g/mol. The zero-order valence-electron chi connectivity index (χ0n) is 19.9. The molecule has 2 nitrogen and oxygen atoms in total. The molecule has 0 aliphatic heterocycles. The Hall–Kier alpha value is -4.01. The zero-order valence-corrected chi connectivity index (χ0v) is 20.7. The van der Waals surface area contributed by atoms with E-state index in [0.717, 1.165) is 34.1 Å². The number of aryl methyl sites for hydroxylation is 2. The molecule has 3 heteroatoms. The Morgan fingerprint density at radius 3 is 1.20 bits per heavy atom. The third-order valence-electron chi connectivity index (χ3n) is 5.93. The van der Waals surface area contributed by atoms with Crippen molar-refractivity contribution in [3.63, 3.8) is 0 Å². The van der Waals surface area contributed by atoms with Gasteiger partial charge in [-0.3, -0.25) is 0 Å². The van der Waals surface area contributed by atoms with Crippen molar-refractivity contribution in [3.8, 4) is 0 Å². The van der Waals surface area contributed by atoms with Crippen LogP contribution in [0, 0.1) is 13.8 Å². The summed E-state index contributed by atoms with van der Waals surface area (Å²) in [4.78, 5) is 4.50. The molecule has 0 saturated heterocycles. The van der Waals surface area contributed by atoms with E-state index in [9.17, 15) is 0 Å². The van der Waals surface area contributed by atoms with E-state index in [1.54, 1.807) is 0 Å². The molecule has 0 N–H and O–H groups in total. The van der Waals surface area contributed by atoms with E-state index < -0.39 is 0 Å². The van der Waals surface area contributed by atoms with Crippen LogP contribution in [0.1, 0.15) is 11.1 Å². The van der Waals surface area contributed by atoms with E-state index in [1.807, 2.05) is 24.3 Å². The van der Waals surface area contributed by atoms with Crippen molar-refractivity contribution in [2.75, 3.05) is 9.80 Å². The number of para-hydroxylation sites is 2. The first-order valence-corrected chi connectivity index (χ1v) is 12.1. The van der Waals surface area contributed by atoms with Crippen molar-refractivity contribution in [2.45, 2.75) is 13.8 Å². The van der Waals surface area contributed by atoms with E-state index in [0.29, 0.717) is 5.02 Å². The fraction of sp³-hybridized carbons (Fsp3) is 0.0625. The molecule has 0 amide bonds. The van der Waals surface area contributed by atoms with E-state index in [-0.39, 0.29) is 0 Å². The SMILES string of the molecule is Cc1cccc(N(c2ccccc2)c2cc(Cl)cc(N(c3ccccc3)c3cccc(C)c3)c2)c1. The fourth-order valence-corrected chi connectivity index (χ4v) is 4.62. The molecule has 5 rings (SSSR count). The molecule has 0 aliphatic rings. The quantitative estimate of drug-likeness (QED) is 0.241. The molecule has 0 fully saturated rings. The molecule has 0 radical (unpaired) electrons. The van der Waals surface area contributed by atoms with Crippen LogP contribution in [0.4, 0.5) is 34.1 Å². The molecule has 172 valence electrons. The Morgan fingerprint density at radius 2 is 0.800 bits per heavy atom. The lowest BCUT2D eigenvalue weighted by atomic mass is 10.1. The Labute approximate surface area is 212 Å². The number of benzene rings is 5. The summed E-state index contributed by atoms with van der Waals surface area (Å²) in [7, 11) is 0. The van der Waals surface area contributed by atoms with Crippen molar-refractivity contribution in [3.05, 3.63) is 144 Å². The minimum absolute atomic E-state index is 0.680. The van der Waals surface area contributed by atoms with Gasteiger partial charge in [-0.2, -0.15) is 0 Å². The molecule has 0 spiro atoms. The molecule has 5 aromatic carbocycles. The lowest BCUT2D eigenvalue weighted by molar-refractivity contribution is 1.24. The van der Waals surface area contributed by atoms with E-state index in [4.69, 9.17) is 11.6 Å². The summed E-state index contributed by atoms with van der Waals surface area (Å²) in [5, 5.41) is 0.680. The summed E-state index contributed by atoms with van der Waals surface area (Å²) in [6, 6.07) is 44.2. The number of rotatable bonds is 6. The van der Waals surface area contributed by atoms with Gasteiger partial charge in [-0.05, 0) is 91.7 Å². The van der Waals surface area contributed by atoms with Gasteiger partial charge in [-0.25, -0.2) is 0 Å². The van der Waals surface area contributed by atoms with Crippen LogP contribution in [0.15, 0.2) is 127 Å². The summed E-state index contributed by atoms with van der Waals surface area (Å²) >= 11 is 6.80. The molecular formula is C32H27ClN2. The van der Waals surface area contributed by atoms with E-state index >= 15 is 0 Å². The molecule has 35 heavy (non-hydrogen) atoms. The van der Waals surface area contributed by atoms with Gasteiger partial charge in [0.15, 0.2) is 0 Å². The maximum Gasteiger partial charge on any atom is 0.0497 e. The van der Waals surface area contributed by atoms with Gasteiger partial charge in [-0.1, -0.05) is 72.3 Å². The second-order valence-corrected chi connectivity index (χ2v) is 9.12. The second-order valence-electron chi connectivity index (χ2n) is 8.69.